The van der Waals surface area contributed by atoms with Crippen molar-refractivity contribution in [3.8, 4) is 0 Å². The molecule has 0 atom stereocenters. The number of halogens is 1. The Labute approximate surface area is 144 Å². The van der Waals surface area contributed by atoms with Crippen LogP contribution in [0.1, 0.15) is 29.8 Å². The lowest BCUT2D eigenvalue weighted by Gasteiger charge is -2.08. The van der Waals surface area contributed by atoms with Crippen LogP contribution in [0, 0.1) is 0 Å². The number of amides is 1. The van der Waals surface area contributed by atoms with E-state index in [4.69, 9.17) is 11.6 Å². The Bertz CT molecular complexity index is 857. The van der Waals surface area contributed by atoms with E-state index in [0.717, 1.165) is 5.56 Å². The Morgan fingerprint density at radius 1 is 1.25 bits per heavy atom. The second-order valence-electron chi connectivity index (χ2n) is 5.75. The molecule has 0 bridgehead atoms. The summed E-state index contributed by atoms with van der Waals surface area (Å²) in [5.74, 6) is 0.499. The van der Waals surface area contributed by atoms with Crippen LogP contribution in [-0.2, 0) is 6.54 Å². The van der Waals surface area contributed by atoms with Crippen molar-refractivity contribution in [2.24, 2.45) is 0 Å². The molecule has 0 aliphatic heterocycles. The first-order valence-electron chi connectivity index (χ1n) is 7.66. The fourth-order valence-corrected chi connectivity index (χ4v) is 2.39. The van der Waals surface area contributed by atoms with Gasteiger partial charge >= 0.3 is 0 Å². The van der Waals surface area contributed by atoms with E-state index in [0.29, 0.717) is 28.6 Å². The molecule has 0 radical (unpaired) electrons. The second-order valence-corrected chi connectivity index (χ2v) is 6.18. The minimum atomic E-state index is -0.178. The van der Waals surface area contributed by atoms with Crippen LogP contribution in [-0.4, -0.2) is 26.5 Å². The fraction of sp³-hybridized carbons (Fsp3) is 0.235. The van der Waals surface area contributed by atoms with E-state index in [9.17, 15) is 4.79 Å². The molecule has 0 spiro atoms. The Hall–Kier alpha value is -2.60. The molecular formula is C17H18ClN5O. The molecule has 3 rings (SSSR count). The highest BCUT2D eigenvalue weighted by Crippen LogP contribution is 2.14. The smallest absolute Gasteiger partial charge is 0.256 e. The van der Waals surface area contributed by atoms with Gasteiger partial charge in [0.15, 0.2) is 5.65 Å². The molecule has 0 saturated heterocycles. The number of carbonyl (C=O) groups excluding carboxylic acids is 1. The molecule has 2 heterocycles. The van der Waals surface area contributed by atoms with E-state index in [1.165, 1.54) is 6.20 Å². The summed E-state index contributed by atoms with van der Waals surface area (Å²) < 4.78 is 1.59. The Morgan fingerprint density at radius 2 is 2.00 bits per heavy atom. The number of hydrogen-bond donors (Lipinski definition) is 2. The van der Waals surface area contributed by atoms with Crippen LogP contribution in [0.5, 0.6) is 0 Å². The lowest BCUT2D eigenvalue weighted by Crippen LogP contribution is -2.30. The predicted octanol–water partition coefficient (Wildman–Crippen LogP) is 3.13. The molecular weight excluding hydrogens is 326 g/mol. The fourth-order valence-electron chi connectivity index (χ4n) is 2.26. The molecule has 2 N–H and O–H groups in total. The van der Waals surface area contributed by atoms with Crippen molar-refractivity contribution in [3.05, 3.63) is 58.9 Å². The lowest BCUT2D eigenvalue weighted by molar-refractivity contribution is 0.0944. The topological polar surface area (TPSA) is 71.3 Å². The maximum atomic E-state index is 12.2. The second kappa shape index (κ2) is 6.88. The van der Waals surface area contributed by atoms with E-state index in [-0.39, 0.29) is 11.9 Å². The lowest BCUT2D eigenvalue weighted by atomic mass is 10.2. The minimum Gasteiger partial charge on any atom is -0.366 e. The van der Waals surface area contributed by atoms with Crippen LogP contribution in [0.15, 0.2) is 42.7 Å². The third-order valence-electron chi connectivity index (χ3n) is 3.42. The molecule has 124 valence electrons. The largest absolute Gasteiger partial charge is 0.366 e. The molecule has 3 aromatic rings. The number of hydrogen-bond acceptors (Lipinski definition) is 4. The monoisotopic (exact) mass is 343 g/mol. The van der Waals surface area contributed by atoms with Gasteiger partial charge in [-0.1, -0.05) is 23.7 Å². The third kappa shape index (κ3) is 3.65. The summed E-state index contributed by atoms with van der Waals surface area (Å²) in [4.78, 5) is 16.7. The van der Waals surface area contributed by atoms with Crippen molar-refractivity contribution in [1.82, 2.24) is 19.9 Å². The summed E-state index contributed by atoms with van der Waals surface area (Å²) in [5, 5.41) is 11.0. The number of benzene rings is 1. The highest BCUT2D eigenvalue weighted by Gasteiger charge is 2.15. The van der Waals surface area contributed by atoms with Crippen LogP contribution in [0.3, 0.4) is 0 Å². The number of rotatable bonds is 5. The zero-order valence-electron chi connectivity index (χ0n) is 13.5. The quantitative estimate of drug-likeness (QED) is 0.746. The van der Waals surface area contributed by atoms with Crippen LogP contribution in [0.25, 0.3) is 5.65 Å². The summed E-state index contributed by atoms with van der Waals surface area (Å²) in [6, 6.07) is 9.47. The van der Waals surface area contributed by atoms with Crippen LogP contribution < -0.4 is 10.6 Å². The Balaban J connectivity index is 1.79. The average Bonchev–Trinajstić information content (AvgIpc) is 2.97. The van der Waals surface area contributed by atoms with Crippen molar-refractivity contribution in [2.75, 3.05) is 5.32 Å². The maximum absolute atomic E-state index is 12.2. The molecule has 24 heavy (non-hydrogen) atoms. The van der Waals surface area contributed by atoms with Crippen molar-refractivity contribution in [2.45, 2.75) is 26.4 Å². The van der Waals surface area contributed by atoms with E-state index in [1.807, 2.05) is 44.2 Å². The third-order valence-corrected chi connectivity index (χ3v) is 3.67. The van der Waals surface area contributed by atoms with Gasteiger partial charge in [-0.3, -0.25) is 4.79 Å². The molecule has 2 aromatic heterocycles. The number of aromatic nitrogens is 3. The summed E-state index contributed by atoms with van der Waals surface area (Å²) in [6.07, 6.45) is 3.31. The SMILES string of the molecule is CC(C)NC(=O)c1cnn2ccc(NCc3ccc(Cl)cc3)nc12. The zero-order valence-corrected chi connectivity index (χ0v) is 14.2. The number of anilines is 1. The van der Waals surface area contributed by atoms with Gasteiger partial charge in [-0.25, -0.2) is 9.50 Å². The van der Waals surface area contributed by atoms with Crippen molar-refractivity contribution in [3.63, 3.8) is 0 Å². The van der Waals surface area contributed by atoms with E-state index < -0.39 is 0 Å². The first-order valence-corrected chi connectivity index (χ1v) is 8.04. The summed E-state index contributed by atoms with van der Waals surface area (Å²) >= 11 is 5.88. The predicted molar refractivity (Wildman–Crippen MR) is 94.4 cm³/mol. The number of fused-ring (bicyclic) bond motifs is 1. The molecule has 6 nitrogen and oxygen atoms in total. The normalized spacial score (nSPS) is 11.0. The van der Waals surface area contributed by atoms with E-state index in [1.54, 1.807) is 10.7 Å². The molecule has 0 unspecified atom stereocenters. The van der Waals surface area contributed by atoms with Gasteiger partial charge < -0.3 is 10.6 Å². The Morgan fingerprint density at radius 3 is 2.71 bits per heavy atom. The molecule has 0 fully saturated rings. The summed E-state index contributed by atoms with van der Waals surface area (Å²) in [6.45, 7) is 4.44. The maximum Gasteiger partial charge on any atom is 0.256 e. The minimum absolute atomic E-state index is 0.0543. The highest BCUT2D eigenvalue weighted by molar-refractivity contribution is 6.30. The molecule has 0 aliphatic carbocycles. The molecule has 1 aromatic carbocycles. The first kappa shape index (κ1) is 16.3. The molecule has 0 saturated carbocycles. The van der Waals surface area contributed by atoms with Crippen molar-refractivity contribution >= 4 is 29.0 Å². The summed E-state index contributed by atoms with van der Waals surface area (Å²) in [7, 11) is 0. The number of carbonyl (C=O) groups is 1. The standard InChI is InChI=1S/C17H18ClN5O/c1-11(2)21-17(24)14-10-20-23-8-7-15(22-16(14)23)19-9-12-3-5-13(18)6-4-12/h3-8,10-11H,9H2,1-2H3,(H,19,22)(H,21,24). The Kier molecular flexibility index (Phi) is 4.66. The number of nitrogens with one attached hydrogen (secondary N) is 2. The van der Waals surface area contributed by atoms with Crippen molar-refractivity contribution < 1.29 is 4.79 Å². The number of nitrogens with zero attached hydrogens (tertiary/aromatic N) is 3. The van der Waals surface area contributed by atoms with Gasteiger partial charge in [-0.05, 0) is 37.6 Å². The van der Waals surface area contributed by atoms with Gasteiger partial charge in [0.2, 0.25) is 0 Å². The van der Waals surface area contributed by atoms with Gasteiger partial charge in [0, 0.05) is 23.8 Å². The average molecular weight is 344 g/mol. The zero-order chi connectivity index (χ0) is 17.1. The van der Waals surface area contributed by atoms with Crippen LogP contribution in [0.4, 0.5) is 5.82 Å². The van der Waals surface area contributed by atoms with Crippen molar-refractivity contribution in [1.29, 1.82) is 0 Å². The molecule has 0 aliphatic rings. The summed E-state index contributed by atoms with van der Waals surface area (Å²) in [5.41, 5.74) is 2.07. The molecule has 1 amide bonds. The first-order chi connectivity index (χ1) is 11.5. The van der Waals surface area contributed by atoms with Gasteiger partial charge in [0.25, 0.3) is 5.91 Å². The van der Waals surface area contributed by atoms with Crippen LogP contribution >= 0.6 is 11.6 Å². The van der Waals surface area contributed by atoms with Gasteiger partial charge in [0.05, 0.1) is 6.20 Å². The molecule has 7 heteroatoms. The van der Waals surface area contributed by atoms with E-state index >= 15 is 0 Å². The van der Waals surface area contributed by atoms with Gasteiger partial charge in [-0.2, -0.15) is 5.10 Å². The van der Waals surface area contributed by atoms with Gasteiger partial charge in [-0.15, -0.1) is 0 Å². The van der Waals surface area contributed by atoms with Crippen LogP contribution in [0.2, 0.25) is 5.02 Å². The van der Waals surface area contributed by atoms with Gasteiger partial charge in [0.1, 0.15) is 11.4 Å². The highest BCUT2D eigenvalue weighted by atomic mass is 35.5. The van der Waals surface area contributed by atoms with E-state index in [2.05, 4.69) is 20.7 Å².